The van der Waals surface area contributed by atoms with E-state index >= 15 is 0 Å². The van der Waals surface area contributed by atoms with Gasteiger partial charge in [0, 0.05) is 11.8 Å². The van der Waals surface area contributed by atoms with Gasteiger partial charge in [0.2, 0.25) is 0 Å². The van der Waals surface area contributed by atoms with Crippen molar-refractivity contribution in [3.63, 3.8) is 0 Å². The molecule has 1 N–H and O–H groups in total. The highest BCUT2D eigenvalue weighted by Gasteiger charge is 2.36. The topological polar surface area (TPSA) is 72.4 Å². The molecule has 0 aliphatic rings. The summed E-state index contributed by atoms with van der Waals surface area (Å²) in [4.78, 5) is 16.6. The Balaban J connectivity index is 1.78. The van der Waals surface area contributed by atoms with E-state index in [1.54, 1.807) is 6.92 Å². The van der Waals surface area contributed by atoms with Gasteiger partial charge >= 0.3 is 6.18 Å². The molecular formula is C19H12F4N4O2. The minimum absolute atomic E-state index is 0.0531. The van der Waals surface area contributed by atoms with Crippen LogP contribution >= 0.6 is 0 Å². The maximum atomic E-state index is 13.5. The highest BCUT2D eigenvalue weighted by Crippen LogP contribution is 2.32. The Hall–Kier alpha value is -3.69. The first-order valence-corrected chi connectivity index (χ1v) is 8.32. The van der Waals surface area contributed by atoms with Gasteiger partial charge in [0.05, 0.1) is 6.26 Å². The summed E-state index contributed by atoms with van der Waals surface area (Å²) in [5.74, 6) is -1.22. The summed E-state index contributed by atoms with van der Waals surface area (Å²) in [6.07, 6.45) is -3.44. The second-order valence-corrected chi connectivity index (χ2v) is 6.21. The van der Waals surface area contributed by atoms with E-state index < -0.39 is 23.6 Å². The van der Waals surface area contributed by atoms with E-state index in [1.807, 2.05) is 0 Å². The van der Waals surface area contributed by atoms with Crippen molar-refractivity contribution in [2.75, 3.05) is 5.32 Å². The fourth-order valence-corrected chi connectivity index (χ4v) is 2.75. The number of rotatable bonds is 3. The maximum absolute atomic E-state index is 13.5. The molecule has 1 amide bonds. The largest absolute Gasteiger partial charge is 0.463 e. The molecule has 3 heterocycles. The van der Waals surface area contributed by atoms with Crippen molar-refractivity contribution in [1.29, 1.82) is 0 Å². The number of halogens is 4. The summed E-state index contributed by atoms with van der Waals surface area (Å²) in [6.45, 7) is 1.65. The molecule has 0 atom stereocenters. The number of aromatic nitrogens is 3. The number of hydrogen-bond acceptors (Lipinski definition) is 4. The number of furan rings is 1. The zero-order valence-corrected chi connectivity index (χ0v) is 14.8. The summed E-state index contributed by atoms with van der Waals surface area (Å²) < 4.78 is 59.7. The van der Waals surface area contributed by atoms with Crippen LogP contribution in [-0.2, 0) is 6.18 Å². The molecular weight excluding hydrogens is 392 g/mol. The predicted octanol–water partition coefficient (Wildman–Crippen LogP) is 4.71. The van der Waals surface area contributed by atoms with E-state index in [4.69, 9.17) is 4.42 Å². The van der Waals surface area contributed by atoms with Gasteiger partial charge in [-0.05, 0) is 42.8 Å². The molecule has 0 bridgehead atoms. The van der Waals surface area contributed by atoms with Crippen molar-refractivity contribution in [1.82, 2.24) is 14.6 Å². The first kappa shape index (κ1) is 18.7. The Morgan fingerprint density at radius 1 is 1.17 bits per heavy atom. The number of aryl methyl sites for hydroxylation is 1. The van der Waals surface area contributed by atoms with Crippen molar-refractivity contribution in [2.24, 2.45) is 0 Å². The smallest absolute Gasteiger partial charge is 0.433 e. The Morgan fingerprint density at radius 3 is 2.66 bits per heavy atom. The summed E-state index contributed by atoms with van der Waals surface area (Å²) in [5, 5.41) is 6.19. The lowest BCUT2D eigenvalue weighted by Gasteiger charge is -2.10. The number of carbonyl (C=O) groups is 1. The molecule has 29 heavy (non-hydrogen) atoms. The molecule has 4 rings (SSSR count). The summed E-state index contributed by atoms with van der Waals surface area (Å²) >= 11 is 0. The average molecular weight is 404 g/mol. The number of benzene rings is 1. The van der Waals surface area contributed by atoms with Crippen LogP contribution in [0.2, 0.25) is 0 Å². The van der Waals surface area contributed by atoms with Crippen LogP contribution in [0.1, 0.15) is 21.7 Å². The van der Waals surface area contributed by atoms with Crippen LogP contribution in [0.4, 0.5) is 23.2 Å². The minimum Gasteiger partial charge on any atom is -0.463 e. The Labute approximate surface area is 160 Å². The number of carbonyl (C=O) groups excluding carboxylic acids is 1. The van der Waals surface area contributed by atoms with Crippen molar-refractivity contribution in [3.8, 4) is 11.5 Å². The number of nitrogens with zero attached hydrogens (tertiary/aromatic N) is 3. The Bertz CT molecular complexity index is 1210. The van der Waals surface area contributed by atoms with Gasteiger partial charge in [-0.2, -0.15) is 18.3 Å². The molecule has 0 aliphatic heterocycles. The van der Waals surface area contributed by atoms with Crippen LogP contribution < -0.4 is 5.32 Å². The maximum Gasteiger partial charge on any atom is 0.433 e. The van der Waals surface area contributed by atoms with Crippen LogP contribution in [0.25, 0.3) is 17.1 Å². The standard InChI is InChI=1S/C19H12F4N4O2/c1-10-4-5-11(20)7-12(10)25-18(28)14-9-17-24-13(15-3-2-6-29-15)8-16(19(21,22)23)27(17)26-14/h2-9H,1H3,(H,25,28). The zero-order valence-electron chi connectivity index (χ0n) is 14.8. The van der Waals surface area contributed by atoms with E-state index in [9.17, 15) is 22.4 Å². The molecule has 6 nitrogen and oxygen atoms in total. The van der Waals surface area contributed by atoms with E-state index in [2.05, 4.69) is 15.4 Å². The first-order chi connectivity index (χ1) is 13.7. The summed E-state index contributed by atoms with van der Waals surface area (Å²) in [6, 6.07) is 8.69. The highest BCUT2D eigenvalue weighted by molar-refractivity contribution is 6.03. The van der Waals surface area contributed by atoms with Crippen LogP contribution in [-0.4, -0.2) is 20.5 Å². The minimum atomic E-state index is -4.75. The quantitative estimate of drug-likeness (QED) is 0.502. The highest BCUT2D eigenvalue weighted by atomic mass is 19.4. The second-order valence-electron chi connectivity index (χ2n) is 6.21. The van der Waals surface area contributed by atoms with Gasteiger partial charge in [0.15, 0.2) is 22.8 Å². The lowest BCUT2D eigenvalue weighted by atomic mass is 10.2. The van der Waals surface area contributed by atoms with Gasteiger partial charge in [-0.1, -0.05) is 6.07 Å². The van der Waals surface area contributed by atoms with Crippen molar-refractivity contribution in [3.05, 3.63) is 71.5 Å². The predicted molar refractivity (Wildman–Crippen MR) is 94.8 cm³/mol. The molecule has 0 radical (unpaired) electrons. The SMILES string of the molecule is Cc1ccc(F)cc1NC(=O)c1cc2nc(-c3ccco3)cc(C(F)(F)F)n2n1. The van der Waals surface area contributed by atoms with Crippen LogP contribution in [0.5, 0.6) is 0 Å². The number of fused-ring (bicyclic) bond motifs is 1. The molecule has 0 saturated carbocycles. The fraction of sp³-hybridized carbons (Fsp3) is 0.105. The monoisotopic (exact) mass is 404 g/mol. The lowest BCUT2D eigenvalue weighted by molar-refractivity contribution is -0.142. The fourth-order valence-electron chi connectivity index (χ4n) is 2.75. The van der Waals surface area contributed by atoms with Crippen LogP contribution in [0.15, 0.2) is 53.1 Å². The van der Waals surface area contributed by atoms with E-state index in [-0.39, 0.29) is 28.5 Å². The van der Waals surface area contributed by atoms with Crippen LogP contribution in [0.3, 0.4) is 0 Å². The van der Waals surface area contributed by atoms with Gasteiger partial charge in [-0.15, -0.1) is 0 Å². The Morgan fingerprint density at radius 2 is 1.97 bits per heavy atom. The van der Waals surface area contributed by atoms with Crippen LogP contribution in [0, 0.1) is 12.7 Å². The molecule has 148 valence electrons. The summed E-state index contributed by atoms with van der Waals surface area (Å²) in [7, 11) is 0. The molecule has 0 fully saturated rings. The number of amides is 1. The zero-order chi connectivity index (χ0) is 20.8. The molecule has 0 spiro atoms. The number of alkyl halides is 3. The number of nitrogens with one attached hydrogen (secondary N) is 1. The van der Waals surface area contributed by atoms with Crippen molar-refractivity contribution >= 4 is 17.2 Å². The van der Waals surface area contributed by atoms with E-state index in [0.29, 0.717) is 10.1 Å². The third-order valence-electron chi connectivity index (χ3n) is 4.17. The van der Waals surface area contributed by atoms with Crippen molar-refractivity contribution in [2.45, 2.75) is 13.1 Å². The molecule has 0 unspecified atom stereocenters. The van der Waals surface area contributed by atoms with Gasteiger partial charge < -0.3 is 9.73 Å². The molecule has 0 aliphatic carbocycles. The lowest BCUT2D eigenvalue weighted by Crippen LogP contribution is -2.16. The molecule has 1 aromatic carbocycles. The van der Waals surface area contributed by atoms with E-state index in [1.165, 1.54) is 30.5 Å². The average Bonchev–Trinajstić information content (AvgIpc) is 3.32. The van der Waals surface area contributed by atoms with Gasteiger partial charge in [0.25, 0.3) is 5.91 Å². The number of hydrogen-bond donors (Lipinski definition) is 1. The third-order valence-corrected chi connectivity index (χ3v) is 4.17. The van der Waals surface area contributed by atoms with Gasteiger partial charge in [-0.25, -0.2) is 13.9 Å². The second kappa shape index (κ2) is 6.73. The first-order valence-electron chi connectivity index (χ1n) is 8.32. The summed E-state index contributed by atoms with van der Waals surface area (Å²) in [5.41, 5.74) is -0.891. The van der Waals surface area contributed by atoms with Gasteiger partial charge in [-0.3, -0.25) is 4.79 Å². The van der Waals surface area contributed by atoms with Crippen molar-refractivity contribution < 1.29 is 26.8 Å². The number of anilines is 1. The van der Waals surface area contributed by atoms with Gasteiger partial charge in [0.1, 0.15) is 11.5 Å². The molecule has 0 saturated heterocycles. The van der Waals surface area contributed by atoms with E-state index in [0.717, 1.165) is 18.2 Å². The molecule has 4 aromatic rings. The third kappa shape index (κ3) is 3.56. The Kier molecular flexibility index (Phi) is 4.33. The normalized spacial score (nSPS) is 11.8. The molecule has 10 heteroatoms. The molecule has 3 aromatic heterocycles.